The Balaban J connectivity index is 0.826. The zero-order valence-corrected chi connectivity index (χ0v) is 32.6. The molecule has 4 heterocycles. The van der Waals surface area contributed by atoms with Gasteiger partial charge in [-0.25, -0.2) is 4.79 Å². The third kappa shape index (κ3) is 6.82. The minimum atomic E-state index is -0.996. The van der Waals surface area contributed by atoms with E-state index >= 15 is 0 Å². The smallest absolute Gasteiger partial charge is 0.331 e. The molecule has 20 atom stereocenters. The fourth-order valence-corrected chi connectivity index (χ4v) is 12.8. The van der Waals surface area contributed by atoms with Crippen LogP contribution in [0.3, 0.4) is 0 Å². The number of esters is 1. The van der Waals surface area contributed by atoms with Crippen molar-refractivity contribution >= 4 is 5.97 Å². The van der Waals surface area contributed by atoms with Crippen LogP contribution in [-0.4, -0.2) is 124 Å². The van der Waals surface area contributed by atoms with Crippen LogP contribution in [0.25, 0.3) is 0 Å². The molecule has 13 heteroatoms. The van der Waals surface area contributed by atoms with Crippen LogP contribution < -0.4 is 0 Å². The van der Waals surface area contributed by atoms with E-state index < -0.39 is 79.4 Å². The molecule has 4 saturated carbocycles. The van der Waals surface area contributed by atoms with Gasteiger partial charge in [-0.05, 0) is 113 Å². The van der Waals surface area contributed by atoms with Crippen molar-refractivity contribution in [2.45, 2.75) is 197 Å². The third-order valence-corrected chi connectivity index (χ3v) is 15.9. The van der Waals surface area contributed by atoms with Crippen molar-refractivity contribution in [1.29, 1.82) is 0 Å². The zero-order valence-electron chi connectivity index (χ0n) is 32.6. The summed E-state index contributed by atoms with van der Waals surface area (Å²) in [6.07, 6.45) is 1.90. The van der Waals surface area contributed by atoms with E-state index in [1.165, 1.54) is 0 Å². The summed E-state index contributed by atoms with van der Waals surface area (Å²) >= 11 is 0. The van der Waals surface area contributed by atoms with Gasteiger partial charge in [0.05, 0.1) is 48.3 Å². The molecule has 7 fully saturated rings. The number of hydrogen-bond acceptors (Lipinski definition) is 13. The first-order chi connectivity index (χ1) is 25.6. The van der Waals surface area contributed by atoms with E-state index in [9.17, 15) is 30.3 Å². The zero-order chi connectivity index (χ0) is 38.3. The fourth-order valence-electron chi connectivity index (χ4n) is 12.8. The van der Waals surface area contributed by atoms with Gasteiger partial charge in [0.25, 0.3) is 0 Å². The molecule has 4 aliphatic heterocycles. The quantitative estimate of drug-likeness (QED) is 0.188. The summed E-state index contributed by atoms with van der Waals surface area (Å²) in [6.45, 7) is 10.4. The largest absolute Gasteiger partial charge is 0.458 e. The molecule has 0 amide bonds. The van der Waals surface area contributed by atoms with E-state index in [0.29, 0.717) is 18.4 Å². The number of ether oxygens (including phenoxy) is 7. The first-order valence-electron chi connectivity index (χ1n) is 20.8. The predicted molar refractivity (Wildman–Crippen MR) is 191 cm³/mol. The Bertz CT molecular complexity index is 1370. The van der Waals surface area contributed by atoms with E-state index in [1.54, 1.807) is 19.9 Å². The van der Waals surface area contributed by atoms with Gasteiger partial charge in [0.1, 0.15) is 24.9 Å². The standard InChI is InChI=1S/C41H64O13/c1-20-36(46)29(42)16-34(49-20)53-38-22(3)51-35(18-31(38)44)54-37-21(2)50-33(17-30(37)43)52-25-8-11-39(4)24(15-25)6-7-28-27(39)9-12-40(5)26(10-13-41(28,40)47)23-14-32(45)48-19-23/h14,20-22,24-31,33-38,42-44,46-47H,6-13,15-19H2,1-5H3/t20-,21-,22-,24-,25+,26-,27+,28-,29+,30+,31-,33+,34?,35?,36-,37-,38-,39+,40-,41+/m1/s1. The van der Waals surface area contributed by atoms with Crippen LogP contribution >= 0.6 is 0 Å². The molecule has 54 heavy (non-hydrogen) atoms. The number of carbonyl (C=O) groups is 1. The molecule has 0 aromatic carbocycles. The van der Waals surface area contributed by atoms with Gasteiger partial charge >= 0.3 is 5.97 Å². The van der Waals surface area contributed by atoms with E-state index in [0.717, 1.165) is 63.4 Å². The molecule has 13 nitrogen and oxygen atoms in total. The van der Waals surface area contributed by atoms with Crippen LogP contribution in [0, 0.1) is 34.5 Å². The first kappa shape index (κ1) is 39.6. The molecule has 0 bridgehead atoms. The number of cyclic esters (lactones) is 1. The highest BCUT2D eigenvalue weighted by Crippen LogP contribution is 2.70. The number of fused-ring (bicyclic) bond motifs is 5. The Kier molecular flexibility index (Phi) is 10.9. The molecular weight excluding hydrogens is 700 g/mol. The van der Waals surface area contributed by atoms with Crippen LogP contribution in [0.4, 0.5) is 0 Å². The average molecular weight is 765 g/mol. The lowest BCUT2D eigenvalue weighted by molar-refractivity contribution is -0.336. The number of rotatable bonds is 7. The molecule has 0 aromatic rings. The van der Waals surface area contributed by atoms with E-state index in [-0.39, 0.29) is 54.0 Å². The van der Waals surface area contributed by atoms with Crippen molar-refractivity contribution in [3.8, 4) is 0 Å². The summed E-state index contributed by atoms with van der Waals surface area (Å²) in [6, 6.07) is 0. The Morgan fingerprint density at radius 1 is 0.685 bits per heavy atom. The molecule has 4 aliphatic carbocycles. The fraction of sp³-hybridized carbons (Fsp3) is 0.927. The molecule has 8 rings (SSSR count). The minimum absolute atomic E-state index is 0.0243. The van der Waals surface area contributed by atoms with Gasteiger partial charge in [-0.2, -0.15) is 0 Å². The highest BCUT2D eigenvalue weighted by molar-refractivity contribution is 5.85. The number of aliphatic hydroxyl groups excluding tert-OH is 4. The monoisotopic (exact) mass is 764 g/mol. The van der Waals surface area contributed by atoms with Gasteiger partial charge in [-0.1, -0.05) is 13.8 Å². The summed E-state index contributed by atoms with van der Waals surface area (Å²) < 4.78 is 42.2. The number of aliphatic hydroxyl groups is 5. The van der Waals surface area contributed by atoms with Crippen LogP contribution in [0.1, 0.15) is 112 Å². The van der Waals surface area contributed by atoms with Gasteiger partial charge in [0.2, 0.25) is 0 Å². The lowest BCUT2D eigenvalue weighted by Gasteiger charge is -2.64. The van der Waals surface area contributed by atoms with Gasteiger partial charge in [-0.3, -0.25) is 0 Å². The van der Waals surface area contributed by atoms with Crippen LogP contribution in [0.5, 0.6) is 0 Å². The summed E-state index contributed by atoms with van der Waals surface area (Å²) in [5, 5.41) is 55.0. The van der Waals surface area contributed by atoms with E-state index in [4.69, 9.17) is 33.2 Å². The van der Waals surface area contributed by atoms with Crippen molar-refractivity contribution in [2.75, 3.05) is 6.61 Å². The Morgan fingerprint density at radius 2 is 1.30 bits per heavy atom. The van der Waals surface area contributed by atoms with Crippen LogP contribution in [0.15, 0.2) is 11.6 Å². The summed E-state index contributed by atoms with van der Waals surface area (Å²) in [5.74, 6) is 1.13. The van der Waals surface area contributed by atoms with Crippen molar-refractivity contribution in [2.24, 2.45) is 34.5 Å². The Hall–Kier alpha value is -1.23. The molecule has 306 valence electrons. The Labute approximate surface area is 319 Å². The second kappa shape index (κ2) is 14.9. The van der Waals surface area contributed by atoms with Gasteiger partial charge in [-0.15, -0.1) is 0 Å². The Morgan fingerprint density at radius 3 is 1.89 bits per heavy atom. The van der Waals surface area contributed by atoms with E-state index in [1.807, 2.05) is 6.92 Å². The van der Waals surface area contributed by atoms with Crippen molar-refractivity contribution in [3.05, 3.63) is 11.6 Å². The van der Waals surface area contributed by atoms with Gasteiger partial charge < -0.3 is 58.7 Å². The van der Waals surface area contributed by atoms with Crippen molar-refractivity contribution in [3.63, 3.8) is 0 Å². The third-order valence-electron chi connectivity index (χ3n) is 15.9. The maximum atomic E-state index is 12.6. The van der Waals surface area contributed by atoms with Crippen LogP contribution in [-0.2, 0) is 38.0 Å². The highest BCUT2D eigenvalue weighted by atomic mass is 16.7. The molecule has 2 unspecified atom stereocenters. The number of carbonyl (C=O) groups excluding carboxylic acids is 1. The predicted octanol–water partition coefficient (Wildman–Crippen LogP) is 3.25. The second-order valence-corrected chi connectivity index (χ2v) is 18.7. The second-order valence-electron chi connectivity index (χ2n) is 18.7. The van der Waals surface area contributed by atoms with Gasteiger partial charge in [0, 0.05) is 30.8 Å². The summed E-state index contributed by atoms with van der Waals surface area (Å²) in [5.41, 5.74) is 0.215. The van der Waals surface area contributed by atoms with Crippen LogP contribution in [0.2, 0.25) is 0 Å². The topological polar surface area (TPSA) is 183 Å². The normalized spacial score (nSPS) is 55.0. The summed E-state index contributed by atoms with van der Waals surface area (Å²) in [7, 11) is 0. The minimum Gasteiger partial charge on any atom is -0.458 e. The highest BCUT2D eigenvalue weighted by Gasteiger charge is 2.68. The first-order valence-corrected chi connectivity index (χ1v) is 20.8. The van der Waals surface area contributed by atoms with Crippen molar-refractivity contribution in [1.82, 2.24) is 0 Å². The van der Waals surface area contributed by atoms with E-state index in [2.05, 4.69) is 13.8 Å². The molecule has 8 aliphatic rings. The molecule has 0 radical (unpaired) electrons. The maximum absolute atomic E-state index is 12.6. The summed E-state index contributed by atoms with van der Waals surface area (Å²) in [4.78, 5) is 11.9. The SMILES string of the molecule is C[C@H]1OC(O[C@H]2[C@H](O)CC(O[C@H]3[C@@H](O)C[C@H](O[C@H]4CC[C@@]5(C)[C@H](CC[C@@H]6[C@@H]5CC[C@]5(C)[C@@H](C7=CC(=O)OC7)CC[C@]65O)C4)O[C@@H]3C)O[C@@H]2C)C[C@H](O)[C@@H]1O. The lowest BCUT2D eigenvalue weighted by Crippen LogP contribution is -2.62. The maximum Gasteiger partial charge on any atom is 0.331 e. The molecule has 0 aromatic heterocycles. The number of hydrogen-bond donors (Lipinski definition) is 5. The average Bonchev–Trinajstić information content (AvgIpc) is 3.66. The molecular formula is C41H64O13. The lowest BCUT2D eigenvalue weighted by atomic mass is 9.43. The molecule has 0 spiro atoms. The molecule has 3 saturated heterocycles. The molecule has 5 N–H and O–H groups in total. The van der Waals surface area contributed by atoms with Crippen molar-refractivity contribution < 1.29 is 63.5 Å². The van der Waals surface area contributed by atoms with Gasteiger partial charge in [0.15, 0.2) is 18.9 Å².